The average molecular weight is 430 g/mol. The maximum absolute atomic E-state index is 6.00. The summed E-state index contributed by atoms with van der Waals surface area (Å²) in [6.07, 6.45) is 3.23. The molecular formula is C21H23Cl3O3. The highest BCUT2D eigenvalue weighted by Crippen LogP contribution is 2.30. The molecule has 0 radical (unpaired) electrons. The standard InChI is InChI=1S/C21H23Cl3O3/c1-3-16-14-19(26-12-9-20(23)24)13-15(2)21(16)27-11-4-10-25-18-7-5-17(22)6-8-18/h5-9,13-14H,3-4,10-12H2,1-2H3. The molecule has 0 fully saturated rings. The Kier molecular flexibility index (Phi) is 9.12. The first kappa shape index (κ1) is 21.7. The van der Waals surface area contributed by atoms with Crippen molar-refractivity contribution in [3.8, 4) is 17.2 Å². The van der Waals surface area contributed by atoms with E-state index in [2.05, 4.69) is 6.92 Å². The van der Waals surface area contributed by atoms with Gasteiger partial charge in [0.15, 0.2) is 0 Å². The van der Waals surface area contributed by atoms with Crippen LogP contribution in [0.4, 0.5) is 0 Å². The van der Waals surface area contributed by atoms with Crippen molar-refractivity contribution in [3.05, 3.63) is 63.1 Å². The molecule has 0 heterocycles. The molecule has 0 aliphatic carbocycles. The van der Waals surface area contributed by atoms with E-state index in [-0.39, 0.29) is 4.49 Å². The number of hydrogen-bond acceptors (Lipinski definition) is 3. The Hall–Kier alpha value is -1.55. The van der Waals surface area contributed by atoms with Crippen molar-refractivity contribution >= 4 is 34.8 Å². The Morgan fingerprint density at radius 1 is 0.963 bits per heavy atom. The van der Waals surface area contributed by atoms with E-state index < -0.39 is 0 Å². The normalized spacial score (nSPS) is 10.4. The molecule has 6 heteroatoms. The SMILES string of the molecule is CCc1cc(OCC=C(Cl)Cl)cc(C)c1OCCCOc1ccc(Cl)cc1. The molecule has 2 aromatic rings. The highest BCUT2D eigenvalue weighted by atomic mass is 35.5. The summed E-state index contributed by atoms with van der Waals surface area (Å²) in [7, 11) is 0. The molecule has 2 aromatic carbocycles. The minimum atomic E-state index is 0.197. The molecule has 0 saturated carbocycles. The monoisotopic (exact) mass is 428 g/mol. The molecule has 0 N–H and O–H groups in total. The highest BCUT2D eigenvalue weighted by molar-refractivity contribution is 6.55. The van der Waals surface area contributed by atoms with Gasteiger partial charge >= 0.3 is 0 Å². The van der Waals surface area contributed by atoms with Crippen LogP contribution in [-0.2, 0) is 6.42 Å². The van der Waals surface area contributed by atoms with Gasteiger partial charge in [0, 0.05) is 11.4 Å². The molecule has 0 unspecified atom stereocenters. The van der Waals surface area contributed by atoms with Crippen molar-refractivity contribution in [3.63, 3.8) is 0 Å². The van der Waals surface area contributed by atoms with E-state index >= 15 is 0 Å². The molecule has 27 heavy (non-hydrogen) atoms. The van der Waals surface area contributed by atoms with Gasteiger partial charge in [-0.15, -0.1) is 0 Å². The summed E-state index contributed by atoms with van der Waals surface area (Å²) >= 11 is 17.1. The lowest BCUT2D eigenvalue weighted by Gasteiger charge is -2.16. The van der Waals surface area contributed by atoms with Crippen LogP contribution in [0.25, 0.3) is 0 Å². The first-order chi connectivity index (χ1) is 13.0. The fourth-order valence-corrected chi connectivity index (χ4v) is 2.77. The van der Waals surface area contributed by atoms with E-state index in [1.807, 2.05) is 43.3 Å². The van der Waals surface area contributed by atoms with Crippen LogP contribution >= 0.6 is 34.8 Å². The van der Waals surface area contributed by atoms with E-state index in [1.54, 1.807) is 6.08 Å². The van der Waals surface area contributed by atoms with Crippen LogP contribution in [0, 0.1) is 6.92 Å². The zero-order chi connectivity index (χ0) is 19.6. The Labute approximate surface area is 175 Å². The number of halogens is 3. The molecule has 0 saturated heterocycles. The zero-order valence-corrected chi connectivity index (χ0v) is 17.7. The lowest BCUT2D eigenvalue weighted by Crippen LogP contribution is -2.07. The summed E-state index contributed by atoms with van der Waals surface area (Å²) in [6, 6.07) is 11.3. The fraction of sp³-hybridized carbons (Fsp3) is 0.333. The van der Waals surface area contributed by atoms with Gasteiger partial charge in [0.25, 0.3) is 0 Å². The lowest BCUT2D eigenvalue weighted by molar-refractivity contribution is 0.245. The number of ether oxygens (including phenoxy) is 3. The molecule has 0 aliphatic rings. The van der Waals surface area contributed by atoms with Crippen molar-refractivity contribution in [1.29, 1.82) is 0 Å². The van der Waals surface area contributed by atoms with Crippen LogP contribution in [0.15, 0.2) is 47.0 Å². The van der Waals surface area contributed by atoms with Crippen LogP contribution in [0.1, 0.15) is 24.5 Å². The van der Waals surface area contributed by atoms with Crippen LogP contribution in [0.3, 0.4) is 0 Å². The fourth-order valence-electron chi connectivity index (χ4n) is 2.52. The third-order valence-electron chi connectivity index (χ3n) is 3.81. The second-order valence-corrected chi connectivity index (χ2v) is 7.34. The Balaban J connectivity index is 1.85. The molecule has 3 nitrogen and oxygen atoms in total. The van der Waals surface area contributed by atoms with Gasteiger partial charge in [0.05, 0.1) is 13.2 Å². The topological polar surface area (TPSA) is 27.7 Å². The van der Waals surface area contributed by atoms with Crippen LogP contribution in [-0.4, -0.2) is 19.8 Å². The molecule has 146 valence electrons. The van der Waals surface area contributed by atoms with E-state index in [9.17, 15) is 0 Å². The quantitative estimate of drug-likeness (QED) is 0.391. The van der Waals surface area contributed by atoms with Gasteiger partial charge in [-0.25, -0.2) is 0 Å². The predicted octanol–water partition coefficient (Wildman–Crippen LogP) is 6.76. The maximum atomic E-state index is 6.00. The third-order valence-corrected chi connectivity index (χ3v) is 4.37. The minimum Gasteiger partial charge on any atom is -0.493 e. The van der Waals surface area contributed by atoms with Crippen LogP contribution in [0.2, 0.25) is 5.02 Å². The smallest absolute Gasteiger partial charge is 0.125 e. The van der Waals surface area contributed by atoms with Crippen molar-refractivity contribution in [2.24, 2.45) is 0 Å². The second-order valence-electron chi connectivity index (χ2n) is 5.89. The van der Waals surface area contributed by atoms with Crippen molar-refractivity contribution in [2.45, 2.75) is 26.7 Å². The van der Waals surface area contributed by atoms with Crippen molar-refractivity contribution in [1.82, 2.24) is 0 Å². The van der Waals surface area contributed by atoms with Crippen LogP contribution < -0.4 is 14.2 Å². The van der Waals surface area contributed by atoms with Gasteiger partial charge in [-0.05, 0) is 66.9 Å². The Morgan fingerprint density at radius 3 is 2.33 bits per heavy atom. The predicted molar refractivity (Wildman–Crippen MR) is 113 cm³/mol. The van der Waals surface area contributed by atoms with E-state index in [0.29, 0.717) is 24.8 Å². The van der Waals surface area contributed by atoms with Crippen LogP contribution in [0.5, 0.6) is 17.2 Å². The average Bonchev–Trinajstić information content (AvgIpc) is 2.63. The van der Waals surface area contributed by atoms with Gasteiger partial charge in [-0.1, -0.05) is 41.7 Å². The third kappa shape index (κ3) is 7.53. The number of hydrogen-bond donors (Lipinski definition) is 0. The number of aryl methyl sites for hydroxylation is 2. The van der Waals surface area contributed by atoms with Gasteiger partial charge in [0.1, 0.15) is 28.3 Å². The summed E-state index contributed by atoms with van der Waals surface area (Å²) in [6.45, 7) is 5.58. The van der Waals surface area contributed by atoms with Gasteiger partial charge in [0.2, 0.25) is 0 Å². The first-order valence-electron chi connectivity index (χ1n) is 8.78. The van der Waals surface area contributed by atoms with E-state index in [4.69, 9.17) is 49.0 Å². The summed E-state index contributed by atoms with van der Waals surface area (Å²) in [5.74, 6) is 2.48. The second kappa shape index (κ2) is 11.3. The Bertz CT molecular complexity index is 754. The summed E-state index contributed by atoms with van der Waals surface area (Å²) in [4.78, 5) is 0. The number of rotatable bonds is 10. The zero-order valence-electron chi connectivity index (χ0n) is 15.4. The van der Waals surface area contributed by atoms with Crippen molar-refractivity contribution < 1.29 is 14.2 Å². The summed E-state index contributed by atoms with van der Waals surface area (Å²) in [5.41, 5.74) is 2.13. The Morgan fingerprint density at radius 2 is 1.67 bits per heavy atom. The van der Waals surface area contributed by atoms with Gasteiger partial charge < -0.3 is 14.2 Å². The van der Waals surface area contributed by atoms with Gasteiger partial charge in [-0.3, -0.25) is 0 Å². The molecule has 0 amide bonds. The molecular weight excluding hydrogens is 407 g/mol. The minimum absolute atomic E-state index is 0.197. The van der Waals surface area contributed by atoms with E-state index in [0.717, 1.165) is 41.2 Å². The summed E-state index contributed by atoms with van der Waals surface area (Å²) < 4.78 is 17.5. The first-order valence-corrected chi connectivity index (χ1v) is 9.91. The summed E-state index contributed by atoms with van der Waals surface area (Å²) in [5, 5.41) is 0.697. The molecule has 0 spiro atoms. The van der Waals surface area contributed by atoms with E-state index in [1.165, 1.54) is 0 Å². The number of benzene rings is 2. The molecule has 2 rings (SSSR count). The maximum Gasteiger partial charge on any atom is 0.125 e. The highest BCUT2D eigenvalue weighted by Gasteiger charge is 2.09. The van der Waals surface area contributed by atoms with Crippen molar-refractivity contribution in [2.75, 3.05) is 19.8 Å². The largest absolute Gasteiger partial charge is 0.493 e. The molecule has 0 aromatic heterocycles. The van der Waals surface area contributed by atoms with Gasteiger partial charge in [-0.2, -0.15) is 0 Å². The lowest BCUT2D eigenvalue weighted by atomic mass is 10.1. The molecule has 0 bridgehead atoms. The molecule has 0 atom stereocenters. The molecule has 0 aliphatic heterocycles.